The van der Waals surface area contributed by atoms with Crippen molar-refractivity contribution in [2.75, 3.05) is 20.1 Å². The third-order valence-electron chi connectivity index (χ3n) is 4.21. The van der Waals surface area contributed by atoms with Gasteiger partial charge < -0.3 is 9.73 Å². The smallest absolute Gasteiger partial charge is 0.208 e. The lowest BCUT2D eigenvalue weighted by atomic mass is 9.90. The number of piperidine rings is 1. The average molecular weight is 265 g/mol. The first kappa shape index (κ1) is 14.5. The van der Waals surface area contributed by atoms with Crippen LogP contribution in [0.1, 0.15) is 52.2 Å². The monoisotopic (exact) mass is 265 g/mol. The molecule has 4 heteroatoms. The van der Waals surface area contributed by atoms with Crippen molar-refractivity contribution in [1.29, 1.82) is 0 Å². The van der Waals surface area contributed by atoms with Crippen LogP contribution in [0, 0.1) is 0 Å². The van der Waals surface area contributed by atoms with Gasteiger partial charge in [0, 0.05) is 24.0 Å². The van der Waals surface area contributed by atoms with Crippen LogP contribution in [0.2, 0.25) is 0 Å². The van der Waals surface area contributed by atoms with E-state index in [0.29, 0.717) is 5.54 Å². The molecule has 0 saturated carbocycles. The van der Waals surface area contributed by atoms with E-state index in [1.54, 1.807) is 0 Å². The van der Waals surface area contributed by atoms with Crippen molar-refractivity contribution in [3.05, 3.63) is 17.8 Å². The van der Waals surface area contributed by atoms with E-state index in [4.69, 9.17) is 4.42 Å². The van der Waals surface area contributed by atoms with Crippen molar-refractivity contribution in [3.8, 4) is 0 Å². The van der Waals surface area contributed by atoms with Crippen LogP contribution in [-0.2, 0) is 12.0 Å². The molecule has 1 aliphatic rings. The summed E-state index contributed by atoms with van der Waals surface area (Å²) >= 11 is 0. The second-order valence-corrected chi connectivity index (χ2v) is 6.96. The topological polar surface area (TPSA) is 41.3 Å². The average Bonchev–Trinajstić information content (AvgIpc) is 2.81. The minimum Gasteiger partial charge on any atom is -0.444 e. The molecule has 1 aliphatic heterocycles. The van der Waals surface area contributed by atoms with E-state index in [9.17, 15) is 0 Å². The van der Waals surface area contributed by atoms with E-state index in [-0.39, 0.29) is 5.41 Å². The SMILES string of the molecule is CNC1(C)CCN(Cc2ncc(C(C)(C)C)o2)CC1. The van der Waals surface area contributed by atoms with E-state index >= 15 is 0 Å². The van der Waals surface area contributed by atoms with E-state index in [1.807, 2.05) is 6.20 Å². The van der Waals surface area contributed by atoms with Gasteiger partial charge in [-0.2, -0.15) is 0 Å². The molecule has 1 aromatic heterocycles. The Kier molecular flexibility index (Phi) is 4.02. The van der Waals surface area contributed by atoms with Crippen LogP contribution in [0.25, 0.3) is 0 Å². The summed E-state index contributed by atoms with van der Waals surface area (Å²) in [4.78, 5) is 6.84. The summed E-state index contributed by atoms with van der Waals surface area (Å²) in [5.74, 6) is 1.82. The third kappa shape index (κ3) is 3.57. The molecule has 0 unspecified atom stereocenters. The fourth-order valence-electron chi connectivity index (χ4n) is 2.38. The molecule has 1 saturated heterocycles. The highest BCUT2D eigenvalue weighted by molar-refractivity contribution is 5.06. The molecular weight excluding hydrogens is 238 g/mol. The lowest BCUT2D eigenvalue weighted by Crippen LogP contribution is -2.49. The summed E-state index contributed by atoms with van der Waals surface area (Å²) in [7, 11) is 2.05. The summed E-state index contributed by atoms with van der Waals surface area (Å²) in [5, 5.41) is 3.42. The Morgan fingerprint density at radius 2 is 2.00 bits per heavy atom. The van der Waals surface area contributed by atoms with Crippen LogP contribution >= 0.6 is 0 Å². The summed E-state index contributed by atoms with van der Waals surface area (Å²) in [6, 6.07) is 0. The lowest BCUT2D eigenvalue weighted by Gasteiger charge is -2.38. The number of hydrogen-bond acceptors (Lipinski definition) is 4. The van der Waals surface area contributed by atoms with Crippen molar-refractivity contribution in [3.63, 3.8) is 0 Å². The molecule has 1 N–H and O–H groups in total. The molecule has 0 bridgehead atoms. The summed E-state index contributed by atoms with van der Waals surface area (Å²) < 4.78 is 5.86. The van der Waals surface area contributed by atoms with Gasteiger partial charge in [0.2, 0.25) is 5.89 Å². The highest BCUT2D eigenvalue weighted by Crippen LogP contribution is 2.25. The van der Waals surface area contributed by atoms with Gasteiger partial charge in [-0.05, 0) is 26.8 Å². The lowest BCUT2D eigenvalue weighted by molar-refractivity contribution is 0.135. The molecular formula is C15H27N3O. The number of rotatable bonds is 3. The Labute approximate surface area is 116 Å². The molecule has 2 heterocycles. The van der Waals surface area contributed by atoms with Crippen molar-refractivity contribution in [1.82, 2.24) is 15.2 Å². The zero-order chi connectivity index (χ0) is 14.1. The molecule has 0 aliphatic carbocycles. The van der Waals surface area contributed by atoms with Crippen molar-refractivity contribution in [2.45, 2.75) is 58.0 Å². The fraction of sp³-hybridized carbons (Fsp3) is 0.800. The number of nitrogens with one attached hydrogen (secondary N) is 1. The van der Waals surface area contributed by atoms with Crippen molar-refractivity contribution in [2.24, 2.45) is 0 Å². The van der Waals surface area contributed by atoms with Crippen LogP contribution in [-0.4, -0.2) is 35.6 Å². The second-order valence-electron chi connectivity index (χ2n) is 6.96. The third-order valence-corrected chi connectivity index (χ3v) is 4.21. The second kappa shape index (κ2) is 5.25. The number of oxazole rings is 1. The molecule has 4 nitrogen and oxygen atoms in total. The first-order valence-electron chi connectivity index (χ1n) is 7.19. The summed E-state index contributed by atoms with van der Waals surface area (Å²) in [6.45, 7) is 11.8. The molecule has 0 amide bonds. The van der Waals surface area contributed by atoms with Gasteiger partial charge in [-0.3, -0.25) is 4.90 Å². The van der Waals surface area contributed by atoms with Crippen LogP contribution in [0.5, 0.6) is 0 Å². The molecule has 0 aromatic carbocycles. The minimum absolute atomic E-state index is 0.0395. The van der Waals surface area contributed by atoms with Crippen LogP contribution in [0.3, 0.4) is 0 Å². The predicted octanol–water partition coefficient (Wildman–Crippen LogP) is 2.55. The van der Waals surface area contributed by atoms with Crippen molar-refractivity contribution >= 4 is 0 Å². The largest absolute Gasteiger partial charge is 0.444 e. The molecule has 1 fully saturated rings. The molecule has 1 aromatic rings. The first-order chi connectivity index (χ1) is 8.82. The normalized spacial score (nSPS) is 20.7. The summed E-state index contributed by atoms with van der Waals surface area (Å²) in [5.41, 5.74) is 0.335. The van der Waals surface area contributed by atoms with Crippen LogP contribution in [0.4, 0.5) is 0 Å². The molecule has 0 spiro atoms. The van der Waals surface area contributed by atoms with Gasteiger partial charge in [-0.15, -0.1) is 0 Å². The first-order valence-corrected chi connectivity index (χ1v) is 7.19. The number of likely N-dealkylation sites (tertiary alicyclic amines) is 1. The van der Waals surface area contributed by atoms with Gasteiger partial charge in [0.15, 0.2) is 0 Å². The maximum atomic E-state index is 5.86. The summed E-state index contributed by atoms with van der Waals surface area (Å²) in [6.07, 6.45) is 4.23. The van der Waals surface area contributed by atoms with E-state index in [2.05, 4.69) is 49.9 Å². The van der Waals surface area contributed by atoms with Gasteiger partial charge in [-0.1, -0.05) is 20.8 Å². The predicted molar refractivity (Wildman–Crippen MR) is 77.2 cm³/mol. The quantitative estimate of drug-likeness (QED) is 0.912. The minimum atomic E-state index is 0.0395. The highest BCUT2D eigenvalue weighted by Gasteiger charge is 2.29. The van der Waals surface area contributed by atoms with Crippen molar-refractivity contribution < 1.29 is 4.42 Å². The maximum absolute atomic E-state index is 5.86. The zero-order valence-electron chi connectivity index (χ0n) is 12.9. The molecule has 0 atom stereocenters. The Bertz CT molecular complexity index is 411. The molecule has 0 radical (unpaired) electrons. The maximum Gasteiger partial charge on any atom is 0.208 e. The number of aromatic nitrogens is 1. The Morgan fingerprint density at radius 3 is 2.47 bits per heavy atom. The standard InChI is InChI=1S/C15H27N3O/c1-14(2,3)12-10-17-13(19-12)11-18-8-6-15(4,16-5)7-9-18/h10,16H,6-9,11H2,1-5H3. The zero-order valence-corrected chi connectivity index (χ0v) is 12.9. The van der Waals surface area contributed by atoms with Gasteiger partial charge in [0.25, 0.3) is 0 Å². The molecule has 19 heavy (non-hydrogen) atoms. The van der Waals surface area contributed by atoms with E-state index < -0.39 is 0 Å². The van der Waals surface area contributed by atoms with E-state index in [1.165, 1.54) is 12.8 Å². The molecule has 108 valence electrons. The number of hydrogen-bond donors (Lipinski definition) is 1. The highest BCUT2D eigenvalue weighted by atomic mass is 16.4. The van der Waals surface area contributed by atoms with Gasteiger partial charge >= 0.3 is 0 Å². The fourth-order valence-corrected chi connectivity index (χ4v) is 2.38. The molecule has 2 rings (SSSR count). The van der Waals surface area contributed by atoms with Crippen LogP contribution < -0.4 is 5.32 Å². The van der Waals surface area contributed by atoms with Gasteiger partial charge in [-0.25, -0.2) is 4.98 Å². The van der Waals surface area contributed by atoms with E-state index in [0.717, 1.165) is 31.3 Å². The Morgan fingerprint density at radius 1 is 1.37 bits per heavy atom. The Balaban J connectivity index is 1.91. The van der Waals surface area contributed by atoms with Gasteiger partial charge in [0.05, 0.1) is 12.7 Å². The van der Waals surface area contributed by atoms with Gasteiger partial charge in [0.1, 0.15) is 5.76 Å². The number of nitrogens with zero attached hydrogens (tertiary/aromatic N) is 2. The van der Waals surface area contributed by atoms with Crippen LogP contribution in [0.15, 0.2) is 10.6 Å². The Hall–Kier alpha value is -0.870.